The molecule has 4 nitrogen and oxygen atoms in total. The maximum atomic E-state index is 12.0. The molecule has 0 amide bonds. The van der Waals surface area contributed by atoms with Gasteiger partial charge in [-0.3, -0.25) is 0 Å². The minimum Gasteiger partial charge on any atom is -0.490 e. The van der Waals surface area contributed by atoms with Crippen molar-refractivity contribution in [2.24, 2.45) is 10.9 Å². The molecule has 3 N–H and O–H groups in total. The Morgan fingerprint density at radius 1 is 1.44 bits per heavy atom. The number of nitrogens with zero attached hydrogens (tertiary/aromatic N) is 1. The van der Waals surface area contributed by atoms with Crippen LogP contribution in [-0.4, -0.2) is 24.3 Å². The molecule has 0 fully saturated rings. The van der Waals surface area contributed by atoms with E-state index in [1.54, 1.807) is 12.1 Å². The van der Waals surface area contributed by atoms with E-state index in [2.05, 4.69) is 5.16 Å². The second kappa shape index (κ2) is 5.34. The van der Waals surface area contributed by atoms with Crippen LogP contribution in [0.15, 0.2) is 17.3 Å². The van der Waals surface area contributed by atoms with Crippen molar-refractivity contribution in [2.75, 3.05) is 13.3 Å². The van der Waals surface area contributed by atoms with Gasteiger partial charge in [0.1, 0.15) is 19.0 Å². The predicted molar refractivity (Wildman–Crippen MR) is 59.9 cm³/mol. The molecule has 0 heterocycles. The lowest BCUT2D eigenvalue weighted by atomic mass is 10.1. The third-order valence-electron chi connectivity index (χ3n) is 2.19. The molecule has 0 unspecified atom stereocenters. The van der Waals surface area contributed by atoms with Crippen molar-refractivity contribution in [1.82, 2.24) is 0 Å². The molecule has 1 aromatic rings. The Morgan fingerprint density at radius 3 is 2.44 bits per heavy atom. The van der Waals surface area contributed by atoms with Gasteiger partial charge in [-0.05, 0) is 37.1 Å². The van der Waals surface area contributed by atoms with Crippen LogP contribution in [0.1, 0.15) is 16.7 Å². The zero-order valence-electron chi connectivity index (χ0n) is 9.33. The molecule has 0 saturated heterocycles. The lowest BCUT2D eigenvalue weighted by Gasteiger charge is -2.12. The van der Waals surface area contributed by atoms with Gasteiger partial charge in [0, 0.05) is 5.56 Å². The normalized spacial score (nSPS) is 11.6. The van der Waals surface area contributed by atoms with Gasteiger partial charge >= 0.3 is 0 Å². The second-order valence-corrected chi connectivity index (χ2v) is 3.46. The van der Waals surface area contributed by atoms with Crippen LogP contribution in [0.2, 0.25) is 0 Å². The summed E-state index contributed by atoms with van der Waals surface area (Å²) < 4.78 is 17.3. The van der Waals surface area contributed by atoms with E-state index in [9.17, 15) is 4.39 Å². The smallest absolute Gasteiger partial charge is 0.170 e. The molecule has 0 saturated carbocycles. The average molecular weight is 226 g/mol. The van der Waals surface area contributed by atoms with Crippen molar-refractivity contribution in [3.05, 3.63) is 28.8 Å². The van der Waals surface area contributed by atoms with Crippen LogP contribution in [-0.2, 0) is 0 Å². The molecule has 0 radical (unpaired) electrons. The number of ether oxygens (including phenoxy) is 1. The van der Waals surface area contributed by atoms with Gasteiger partial charge < -0.3 is 15.7 Å². The van der Waals surface area contributed by atoms with Crippen molar-refractivity contribution < 1.29 is 14.3 Å². The molecule has 88 valence electrons. The first kappa shape index (κ1) is 12.3. The highest BCUT2D eigenvalue weighted by Crippen LogP contribution is 2.24. The number of oxime groups is 1. The van der Waals surface area contributed by atoms with Gasteiger partial charge in [-0.2, -0.15) is 0 Å². The number of aryl methyl sites for hydroxylation is 2. The van der Waals surface area contributed by atoms with Crippen molar-refractivity contribution in [2.45, 2.75) is 13.8 Å². The fourth-order valence-corrected chi connectivity index (χ4v) is 1.52. The van der Waals surface area contributed by atoms with Crippen molar-refractivity contribution in [1.29, 1.82) is 0 Å². The molecule has 16 heavy (non-hydrogen) atoms. The number of nitrogens with two attached hydrogens (primary N) is 1. The van der Waals surface area contributed by atoms with Crippen molar-refractivity contribution in [3.8, 4) is 5.75 Å². The maximum Gasteiger partial charge on any atom is 0.170 e. The zero-order chi connectivity index (χ0) is 12.1. The van der Waals surface area contributed by atoms with E-state index in [1.165, 1.54) is 0 Å². The highest BCUT2D eigenvalue weighted by atomic mass is 19.1. The summed E-state index contributed by atoms with van der Waals surface area (Å²) in [6.07, 6.45) is 0. The summed E-state index contributed by atoms with van der Waals surface area (Å²) in [5, 5.41) is 11.5. The SMILES string of the molecule is Cc1cc(/C(N)=N/O)cc(C)c1OCCF. The summed E-state index contributed by atoms with van der Waals surface area (Å²) >= 11 is 0. The van der Waals surface area contributed by atoms with E-state index in [0.29, 0.717) is 11.3 Å². The van der Waals surface area contributed by atoms with Gasteiger partial charge in [0.25, 0.3) is 0 Å². The molecule has 5 heteroatoms. The molecule has 0 spiro atoms. The quantitative estimate of drug-likeness (QED) is 0.355. The summed E-state index contributed by atoms with van der Waals surface area (Å²) in [5.41, 5.74) is 7.75. The average Bonchev–Trinajstić information content (AvgIpc) is 2.26. The summed E-state index contributed by atoms with van der Waals surface area (Å²) in [6.45, 7) is 3.16. The zero-order valence-corrected chi connectivity index (χ0v) is 9.33. The molecule has 0 aliphatic carbocycles. The number of alkyl halides is 1. The number of halogens is 1. The second-order valence-electron chi connectivity index (χ2n) is 3.46. The van der Waals surface area contributed by atoms with Crippen molar-refractivity contribution >= 4 is 5.84 Å². The summed E-state index contributed by atoms with van der Waals surface area (Å²) in [6, 6.07) is 3.46. The van der Waals surface area contributed by atoms with Crippen LogP contribution in [0.25, 0.3) is 0 Å². The lowest BCUT2D eigenvalue weighted by molar-refractivity contribution is 0.270. The van der Waals surface area contributed by atoms with Gasteiger partial charge in [-0.15, -0.1) is 0 Å². The molecular formula is C11H15FN2O2. The third kappa shape index (κ3) is 2.62. The first-order valence-corrected chi connectivity index (χ1v) is 4.88. The topological polar surface area (TPSA) is 67.8 Å². The minimum atomic E-state index is -0.527. The monoisotopic (exact) mass is 226 g/mol. The highest BCUT2D eigenvalue weighted by Gasteiger charge is 2.08. The fraction of sp³-hybridized carbons (Fsp3) is 0.364. The standard InChI is InChI=1S/C11H15FN2O2/c1-7-5-9(11(13)14-15)6-8(2)10(7)16-4-3-12/h5-6,15H,3-4H2,1-2H3,(H2,13,14). The van der Waals surface area contributed by atoms with Gasteiger partial charge in [-0.25, -0.2) is 4.39 Å². The van der Waals surface area contributed by atoms with E-state index in [4.69, 9.17) is 15.7 Å². The molecule has 1 aromatic carbocycles. The van der Waals surface area contributed by atoms with E-state index in [0.717, 1.165) is 11.1 Å². The number of hydrogen-bond acceptors (Lipinski definition) is 3. The molecule has 0 aliphatic rings. The summed E-state index contributed by atoms with van der Waals surface area (Å²) in [4.78, 5) is 0. The minimum absolute atomic E-state index is 0.0323. The molecule has 1 rings (SSSR count). The van der Waals surface area contributed by atoms with Gasteiger partial charge in [0.05, 0.1) is 0 Å². The summed E-state index contributed by atoms with van der Waals surface area (Å²) in [7, 11) is 0. The Kier molecular flexibility index (Phi) is 4.10. The number of amidine groups is 1. The fourth-order valence-electron chi connectivity index (χ4n) is 1.52. The van der Waals surface area contributed by atoms with Crippen LogP contribution in [0.5, 0.6) is 5.75 Å². The Morgan fingerprint density at radius 2 is 2.00 bits per heavy atom. The number of benzene rings is 1. The van der Waals surface area contributed by atoms with Gasteiger partial charge in [0.2, 0.25) is 0 Å². The maximum absolute atomic E-state index is 12.0. The highest BCUT2D eigenvalue weighted by molar-refractivity contribution is 5.97. The van der Waals surface area contributed by atoms with Crippen LogP contribution in [0.3, 0.4) is 0 Å². The molecule has 0 aliphatic heterocycles. The Hall–Kier alpha value is -1.78. The molecule has 0 atom stereocenters. The van der Waals surface area contributed by atoms with E-state index in [-0.39, 0.29) is 12.4 Å². The van der Waals surface area contributed by atoms with Crippen molar-refractivity contribution in [3.63, 3.8) is 0 Å². The number of rotatable bonds is 4. The summed E-state index contributed by atoms with van der Waals surface area (Å²) in [5.74, 6) is 0.690. The van der Waals surface area contributed by atoms with Gasteiger partial charge in [0.15, 0.2) is 5.84 Å². The Labute approximate surface area is 93.5 Å². The molecule has 0 bridgehead atoms. The first-order valence-electron chi connectivity index (χ1n) is 4.88. The van der Waals surface area contributed by atoms with E-state index < -0.39 is 6.67 Å². The van der Waals surface area contributed by atoms with E-state index in [1.807, 2.05) is 13.8 Å². The lowest BCUT2D eigenvalue weighted by Crippen LogP contribution is -2.14. The van der Waals surface area contributed by atoms with Crippen LogP contribution >= 0.6 is 0 Å². The van der Waals surface area contributed by atoms with Crippen LogP contribution in [0.4, 0.5) is 4.39 Å². The van der Waals surface area contributed by atoms with Crippen LogP contribution in [0, 0.1) is 13.8 Å². The third-order valence-corrected chi connectivity index (χ3v) is 2.19. The largest absolute Gasteiger partial charge is 0.490 e. The predicted octanol–water partition coefficient (Wildman–Crippen LogP) is 1.75. The Bertz CT molecular complexity index is 382. The molecular weight excluding hydrogens is 211 g/mol. The van der Waals surface area contributed by atoms with Crippen LogP contribution < -0.4 is 10.5 Å². The number of hydrogen-bond donors (Lipinski definition) is 2. The first-order chi connectivity index (χ1) is 7.60. The Balaban J connectivity index is 3.07. The molecule has 0 aromatic heterocycles. The van der Waals surface area contributed by atoms with E-state index >= 15 is 0 Å². The van der Waals surface area contributed by atoms with Gasteiger partial charge in [-0.1, -0.05) is 5.16 Å².